The molecule has 238 valence electrons. The fourth-order valence-electron chi connectivity index (χ4n) is 6.75. The van der Waals surface area contributed by atoms with Crippen LogP contribution in [0.4, 0.5) is 0 Å². The lowest BCUT2D eigenvalue weighted by atomic mass is 9.91. The third kappa shape index (κ3) is 6.23. The summed E-state index contributed by atoms with van der Waals surface area (Å²) in [6.45, 7) is 16.0. The number of H-pyrrole nitrogens is 2. The van der Waals surface area contributed by atoms with Crippen LogP contribution in [0.3, 0.4) is 0 Å². The highest BCUT2D eigenvalue weighted by Gasteiger charge is 2.25. The van der Waals surface area contributed by atoms with Crippen LogP contribution in [0.15, 0.2) is 35.3 Å². The Kier molecular flexibility index (Phi) is 10.2. The number of allylic oxidation sites excluding steroid dienone is 2. The number of hydrogen-bond donors (Lipinski definition) is 4. The van der Waals surface area contributed by atoms with E-state index in [9.17, 15) is 19.8 Å². The predicted octanol–water partition coefficient (Wildman–Crippen LogP) is 8.12. The third-order valence-electron chi connectivity index (χ3n) is 9.31. The van der Waals surface area contributed by atoms with E-state index in [-0.39, 0.29) is 0 Å². The molecule has 0 spiro atoms. The van der Waals surface area contributed by atoms with Crippen molar-refractivity contribution in [2.24, 2.45) is 4.99 Å². The topological polar surface area (TPSA) is 131 Å². The molecule has 6 bridgehead atoms. The molecule has 0 radical (unpaired) electrons. The quantitative estimate of drug-likeness (QED) is 0.205. The van der Waals surface area contributed by atoms with Gasteiger partial charge in [-0.1, -0.05) is 33.8 Å². The highest BCUT2D eigenvalue weighted by molar-refractivity contribution is 5.92. The number of carbonyl (C=O) groups is 2. The van der Waals surface area contributed by atoms with Gasteiger partial charge in [0.2, 0.25) is 0 Å². The zero-order chi connectivity index (χ0) is 33.2. The van der Waals surface area contributed by atoms with Crippen LogP contribution in [0, 0.1) is 20.8 Å². The normalized spacial score (nSPS) is 14.0. The van der Waals surface area contributed by atoms with Gasteiger partial charge in [0.05, 0.1) is 28.6 Å². The predicted molar refractivity (Wildman–Crippen MR) is 182 cm³/mol. The second kappa shape index (κ2) is 13.7. The molecule has 1 aliphatic rings. The maximum absolute atomic E-state index is 12.6. The molecule has 1 aliphatic heterocycles. The molecular formula is C37H46N4O4. The summed E-state index contributed by atoms with van der Waals surface area (Å²) >= 11 is 0. The minimum atomic E-state index is -0.937. The van der Waals surface area contributed by atoms with Gasteiger partial charge in [0.25, 0.3) is 0 Å². The van der Waals surface area contributed by atoms with E-state index in [0.29, 0.717) is 34.8 Å². The molecule has 0 amide bonds. The maximum atomic E-state index is 12.6. The number of aromatic amines is 2. The molecule has 0 saturated heterocycles. The summed E-state index contributed by atoms with van der Waals surface area (Å²) in [5, 5.41) is 21.0. The Labute approximate surface area is 265 Å². The molecule has 3 aromatic rings. The highest BCUT2D eigenvalue weighted by atomic mass is 16.4. The van der Waals surface area contributed by atoms with Crippen LogP contribution in [0.5, 0.6) is 0 Å². The van der Waals surface area contributed by atoms with Gasteiger partial charge in [-0.15, -0.1) is 0 Å². The number of aromatic nitrogens is 3. The average molecular weight is 611 g/mol. The first-order valence-electron chi connectivity index (χ1n) is 15.9. The monoisotopic (exact) mass is 610 g/mol. The van der Waals surface area contributed by atoms with Gasteiger partial charge in [0.15, 0.2) is 0 Å². The SMILES string of the molecule is CCC1=C(C)c2cc3[nH]c(cc4[nH]c(cc(=NC)c(C(CC)C(=O)O)c(C)ccc1n2)c(C(CC)C(=O)O)c4C)c(C)c3CC. The van der Waals surface area contributed by atoms with Crippen LogP contribution in [0.1, 0.15) is 110 Å². The van der Waals surface area contributed by atoms with Crippen molar-refractivity contribution >= 4 is 45.2 Å². The lowest BCUT2D eigenvalue weighted by Gasteiger charge is -2.13. The Morgan fingerprint density at radius 3 is 1.91 bits per heavy atom. The molecule has 4 N–H and O–H groups in total. The second-order valence-corrected chi connectivity index (χ2v) is 11.8. The number of aryl methyl sites for hydroxylation is 4. The van der Waals surface area contributed by atoms with Crippen molar-refractivity contribution in [3.63, 3.8) is 0 Å². The lowest BCUT2D eigenvalue weighted by molar-refractivity contribution is -0.139. The first-order valence-corrected chi connectivity index (χ1v) is 15.9. The van der Waals surface area contributed by atoms with Gasteiger partial charge in [-0.3, -0.25) is 14.6 Å². The Balaban J connectivity index is 2.36. The first kappa shape index (κ1) is 33.4. The zero-order valence-corrected chi connectivity index (χ0v) is 28.0. The number of hydrogen-bond acceptors (Lipinski definition) is 4. The van der Waals surface area contributed by atoms with Crippen LogP contribution in [-0.4, -0.2) is 44.2 Å². The summed E-state index contributed by atoms with van der Waals surface area (Å²) in [6, 6.07) is 9.88. The van der Waals surface area contributed by atoms with Crippen molar-refractivity contribution < 1.29 is 19.8 Å². The smallest absolute Gasteiger partial charge is 0.311 e. The molecule has 0 aliphatic carbocycles. The van der Waals surface area contributed by atoms with Crippen molar-refractivity contribution in [1.82, 2.24) is 15.0 Å². The number of aliphatic carboxylic acids is 2. The molecule has 0 fully saturated rings. The van der Waals surface area contributed by atoms with Crippen molar-refractivity contribution in [2.45, 2.75) is 92.9 Å². The fourth-order valence-corrected chi connectivity index (χ4v) is 6.75. The standard InChI is InChI=1S/C37H46N4O4/c1-10-23-20(6)29-17-31-24(11-2)21(7)28(40-31)16-30-22(8)35(26(13-4)37(44)45)33(41-30)18-32(38-9)34(25(12-3)36(42)43)19(5)14-15-27(23)39-29/h14-18,25-26,40-41H,10-13H2,1-9H3,(H,42,43)(H,44,45). The zero-order valence-electron chi connectivity index (χ0n) is 28.0. The molecular weight excluding hydrogens is 564 g/mol. The third-order valence-corrected chi connectivity index (χ3v) is 9.31. The number of carboxylic acid groups (broad SMARTS) is 2. The fraction of sp³-hybridized carbons (Fsp3) is 0.405. The summed E-state index contributed by atoms with van der Waals surface area (Å²) in [4.78, 5) is 41.8. The van der Waals surface area contributed by atoms with E-state index >= 15 is 0 Å². The molecule has 4 heterocycles. The molecule has 2 unspecified atom stereocenters. The summed E-state index contributed by atoms with van der Waals surface area (Å²) in [5.41, 5.74) is 12.6. The van der Waals surface area contributed by atoms with Crippen LogP contribution >= 0.6 is 0 Å². The van der Waals surface area contributed by atoms with Crippen LogP contribution in [-0.2, 0) is 16.0 Å². The molecule has 8 heteroatoms. The van der Waals surface area contributed by atoms with Gasteiger partial charge in [-0.2, -0.15) is 0 Å². The van der Waals surface area contributed by atoms with Crippen LogP contribution < -0.4 is 5.36 Å². The summed E-state index contributed by atoms with van der Waals surface area (Å²) < 4.78 is 0. The minimum absolute atomic E-state index is 0.367. The number of fused-ring (bicyclic) bond motifs is 6. The van der Waals surface area contributed by atoms with Crippen LogP contribution in [0.25, 0.3) is 33.2 Å². The molecule has 45 heavy (non-hydrogen) atoms. The van der Waals surface area contributed by atoms with E-state index < -0.39 is 23.8 Å². The molecule has 8 nitrogen and oxygen atoms in total. The highest BCUT2D eigenvalue weighted by Crippen LogP contribution is 2.34. The number of rotatable bonds is 8. The number of carboxylic acids is 2. The van der Waals surface area contributed by atoms with Gasteiger partial charge >= 0.3 is 11.9 Å². The van der Waals surface area contributed by atoms with E-state index in [4.69, 9.17) is 4.98 Å². The summed E-state index contributed by atoms with van der Waals surface area (Å²) in [5.74, 6) is -3.41. The molecule has 0 aromatic carbocycles. The number of nitrogens with one attached hydrogen (secondary N) is 2. The molecule has 4 rings (SSSR count). The Bertz CT molecular complexity index is 1930. The van der Waals surface area contributed by atoms with Gasteiger partial charge in [-0.25, -0.2) is 4.98 Å². The van der Waals surface area contributed by atoms with Crippen molar-refractivity contribution in [3.8, 4) is 0 Å². The van der Waals surface area contributed by atoms with Gasteiger partial charge in [0.1, 0.15) is 0 Å². The summed E-state index contributed by atoms with van der Waals surface area (Å²) in [6.07, 6.45) is 2.42. The largest absolute Gasteiger partial charge is 0.481 e. The van der Waals surface area contributed by atoms with Crippen molar-refractivity contribution in [1.29, 1.82) is 0 Å². The Hall–Kier alpha value is -4.46. The molecule has 0 saturated carbocycles. The Morgan fingerprint density at radius 2 is 1.36 bits per heavy atom. The van der Waals surface area contributed by atoms with E-state index in [1.165, 1.54) is 5.56 Å². The van der Waals surface area contributed by atoms with E-state index in [1.54, 1.807) is 7.05 Å². The van der Waals surface area contributed by atoms with Crippen molar-refractivity contribution in [3.05, 3.63) is 80.5 Å². The first-order chi connectivity index (χ1) is 21.4. The van der Waals surface area contributed by atoms with Crippen LogP contribution in [0.2, 0.25) is 0 Å². The van der Waals surface area contributed by atoms with E-state index in [1.807, 2.05) is 52.0 Å². The number of nitrogens with zero attached hydrogens (tertiary/aromatic N) is 2. The van der Waals surface area contributed by atoms with Gasteiger partial charge < -0.3 is 20.2 Å². The maximum Gasteiger partial charge on any atom is 0.311 e. The summed E-state index contributed by atoms with van der Waals surface area (Å²) in [7, 11) is 1.65. The minimum Gasteiger partial charge on any atom is -0.481 e. The molecule has 2 atom stereocenters. The van der Waals surface area contributed by atoms with Gasteiger partial charge in [-0.05, 0) is 122 Å². The molecule has 3 aromatic heterocycles. The van der Waals surface area contributed by atoms with Gasteiger partial charge in [0, 0.05) is 29.1 Å². The van der Waals surface area contributed by atoms with E-state index in [2.05, 4.69) is 48.7 Å². The second-order valence-electron chi connectivity index (χ2n) is 11.8. The Morgan fingerprint density at radius 1 is 0.756 bits per heavy atom. The van der Waals surface area contributed by atoms with E-state index in [0.717, 1.165) is 68.6 Å². The lowest BCUT2D eigenvalue weighted by Crippen LogP contribution is -2.21. The van der Waals surface area contributed by atoms with Crippen molar-refractivity contribution in [2.75, 3.05) is 7.05 Å². The average Bonchev–Trinajstić information content (AvgIpc) is 3.58.